The highest BCUT2D eigenvalue weighted by atomic mass is 79.9. The van der Waals surface area contributed by atoms with Crippen LogP contribution in [0.15, 0.2) is 22.7 Å². The highest BCUT2D eigenvalue weighted by Crippen LogP contribution is 2.37. The topological polar surface area (TPSA) is 24.1 Å². The Morgan fingerprint density at radius 1 is 1.10 bits per heavy atom. The molecule has 112 valence electrons. The molecular formula is C14H18BrF3N2. The van der Waals surface area contributed by atoms with E-state index in [1.807, 2.05) is 7.05 Å². The molecule has 0 amide bonds. The van der Waals surface area contributed by atoms with E-state index in [4.69, 9.17) is 0 Å². The number of alkyl halides is 3. The smallest absolute Gasteiger partial charge is 0.382 e. The standard InChI is InChI=1S/C14H18BrF3N2/c1-19-10-3-5-11(6-4-10)20-13-8-9(15)2-7-12(13)14(16,17)18/h2,7-8,10-11,19-20H,3-6H2,1H3. The molecular weight excluding hydrogens is 333 g/mol. The van der Waals surface area contributed by atoms with Gasteiger partial charge in [0.15, 0.2) is 0 Å². The van der Waals surface area contributed by atoms with E-state index in [1.54, 1.807) is 0 Å². The number of rotatable bonds is 3. The Kier molecular flexibility index (Phi) is 4.96. The summed E-state index contributed by atoms with van der Waals surface area (Å²) in [7, 11) is 1.93. The molecule has 0 heterocycles. The second kappa shape index (κ2) is 6.35. The van der Waals surface area contributed by atoms with Gasteiger partial charge >= 0.3 is 6.18 Å². The fourth-order valence-electron chi connectivity index (χ4n) is 2.63. The van der Waals surface area contributed by atoms with Gasteiger partial charge in [-0.1, -0.05) is 15.9 Å². The molecule has 0 saturated heterocycles. The van der Waals surface area contributed by atoms with Crippen molar-refractivity contribution in [3.05, 3.63) is 28.2 Å². The van der Waals surface area contributed by atoms with Crippen molar-refractivity contribution in [2.45, 2.75) is 43.9 Å². The second-order valence-electron chi connectivity index (χ2n) is 5.17. The molecule has 0 spiro atoms. The Hall–Kier alpha value is -0.750. The molecule has 2 N–H and O–H groups in total. The summed E-state index contributed by atoms with van der Waals surface area (Å²) in [6, 6.07) is 4.64. The maximum atomic E-state index is 13.0. The lowest BCUT2D eigenvalue weighted by Gasteiger charge is -2.30. The zero-order chi connectivity index (χ0) is 14.8. The lowest BCUT2D eigenvalue weighted by atomic mass is 9.91. The summed E-state index contributed by atoms with van der Waals surface area (Å²) >= 11 is 3.23. The average Bonchev–Trinajstić information content (AvgIpc) is 2.38. The zero-order valence-electron chi connectivity index (χ0n) is 11.2. The van der Waals surface area contributed by atoms with Gasteiger partial charge < -0.3 is 10.6 Å². The van der Waals surface area contributed by atoms with Crippen molar-refractivity contribution in [2.75, 3.05) is 12.4 Å². The van der Waals surface area contributed by atoms with E-state index in [0.29, 0.717) is 10.5 Å². The fourth-order valence-corrected chi connectivity index (χ4v) is 2.99. The van der Waals surface area contributed by atoms with E-state index in [0.717, 1.165) is 31.7 Å². The highest BCUT2D eigenvalue weighted by molar-refractivity contribution is 9.10. The molecule has 1 fully saturated rings. The van der Waals surface area contributed by atoms with Crippen molar-refractivity contribution in [3.8, 4) is 0 Å². The van der Waals surface area contributed by atoms with Crippen molar-refractivity contribution in [2.24, 2.45) is 0 Å². The summed E-state index contributed by atoms with van der Waals surface area (Å²) in [5.41, 5.74) is -0.434. The van der Waals surface area contributed by atoms with Crippen LogP contribution in [0.25, 0.3) is 0 Å². The summed E-state index contributed by atoms with van der Waals surface area (Å²) in [6.07, 6.45) is -0.580. The lowest BCUT2D eigenvalue weighted by molar-refractivity contribution is -0.137. The van der Waals surface area contributed by atoms with E-state index in [1.165, 1.54) is 12.1 Å². The van der Waals surface area contributed by atoms with Gasteiger partial charge in [-0.15, -0.1) is 0 Å². The fraction of sp³-hybridized carbons (Fsp3) is 0.571. The predicted octanol–water partition coefficient (Wildman–Crippen LogP) is 4.41. The maximum absolute atomic E-state index is 13.0. The molecule has 2 nitrogen and oxygen atoms in total. The molecule has 1 aliphatic rings. The Labute approximate surface area is 125 Å². The number of nitrogens with one attached hydrogen (secondary N) is 2. The molecule has 0 aromatic heterocycles. The molecule has 0 atom stereocenters. The van der Waals surface area contributed by atoms with E-state index >= 15 is 0 Å². The molecule has 0 bridgehead atoms. The Morgan fingerprint density at radius 2 is 1.70 bits per heavy atom. The second-order valence-corrected chi connectivity index (χ2v) is 6.08. The summed E-state index contributed by atoms with van der Waals surface area (Å²) < 4.78 is 39.6. The number of halogens is 4. The molecule has 1 aromatic rings. The van der Waals surface area contributed by atoms with Gasteiger partial charge in [0.25, 0.3) is 0 Å². The number of anilines is 1. The van der Waals surface area contributed by atoms with Crippen LogP contribution >= 0.6 is 15.9 Å². The summed E-state index contributed by atoms with van der Waals surface area (Å²) in [5, 5.41) is 6.28. The third-order valence-electron chi connectivity index (χ3n) is 3.78. The minimum absolute atomic E-state index is 0.106. The van der Waals surface area contributed by atoms with Gasteiger partial charge in [0.2, 0.25) is 0 Å². The van der Waals surface area contributed by atoms with E-state index in [-0.39, 0.29) is 11.7 Å². The Balaban J connectivity index is 2.11. The van der Waals surface area contributed by atoms with Crippen molar-refractivity contribution in [3.63, 3.8) is 0 Å². The van der Waals surface area contributed by atoms with Crippen LogP contribution in [0.1, 0.15) is 31.2 Å². The van der Waals surface area contributed by atoms with Gasteiger partial charge in [-0.05, 0) is 50.9 Å². The predicted molar refractivity (Wildman–Crippen MR) is 77.9 cm³/mol. The van der Waals surface area contributed by atoms with Crippen molar-refractivity contribution in [1.82, 2.24) is 5.32 Å². The number of benzene rings is 1. The molecule has 0 unspecified atom stereocenters. The van der Waals surface area contributed by atoms with Gasteiger partial charge in [0.05, 0.1) is 5.56 Å². The SMILES string of the molecule is CNC1CCC(Nc2cc(Br)ccc2C(F)(F)F)CC1. The maximum Gasteiger partial charge on any atom is 0.418 e. The first-order valence-electron chi connectivity index (χ1n) is 6.70. The minimum atomic E-state index is -4.33. The molecule has 20 heavy (non-hydrogen) atoms. The van der Waals surface area contributed by atoms with Gasteiger partial charge in [-0.25, -0.2) is 0 Å². The molecule has 0 radical (unpaired) electrons. The summed E-state index contributed by atoms with van der Waals surface area (Å²) in [6.45, 7) is 0. The van der Waals surface area contributed by atoms with Crippen LogP contribution in [0.2, 0.25) is 0 Å². The highest BCUT2D eigenvalue weighted by Gasteiger charge is 2.34. The monoisotopic (exact) mass is 350 g/mol. The average molecular weight is 351 g/mol. The lowest BCUT2D eigenvalue weighted by Crippen LogP contribution is -2.35. The van der Waals surface area contributed by atoms with Crippen LogP contribution in [0.4, 0.5) is 18.9 Å². The first kappa shape index (κ1) is 15.6. The van der Waals surface area contributed by atoms with Crippen LogP contribution in [0, 0.1) is 0 Å². The first-order valence-corrected chi connectivity index (χ1v) is 7.50. The molecule has 6 heteroatoms. The third kappa shape index (κ3) is 3.88. The van der Waals surface area contributed by atoms with E-state index in [9.17, 15) is 13.2 Å². The van der Waals surface area contributed by atoms with E-state index in [2.05, 4.69) is 26.6 Å². The minimum Gasteiger partial charge on any atom is -0.382 e. The van der Waals surface area contributed by atoms with Gasteiger partial charge in [-0.2, -0.15) is 13.2 Å². The van der Waals surface area contributed by atoms with Crippen molar-refractivity contribution in [1.29, 1.82) is 0 Å². The summed E-state index contributed by atoms with van der Waals surface area (Å²) in [5.74, 6) is 0. The first-order chi connectivity index (χ1) is 9.40. The van der Waals surface area contributed by atoms with Crippen LogP contribution in [-0.4, -0.2) is 19.1 Å². The van der Waals surface area contributed by atoms with Crippen LogP contribution < -0.4 is 10.6 Å². The van der Waals surface area contributed by atoms with E-state index < -0.39 is 11.7 Å². The largest absolute Gasteiger partial charge is 0.418 e. The number of hydrogen-bond acceptors (Lipinski definition) is 2. The van der Waals surface area contributed by atoms with Crippen molar-refractivity contribution < 1.29 is 13.2 Å². The van der Waals surface area contributed by atoms with Crippen LogP contribution in [0.3, 0.4) is 0 Å². The summed E-state index contributed by atoms with van der Waals surface area (Å²) in [4.78, 5) is 0. The zero-order valence-corrected chi connectivity index (χ0v) is 12.8. The molecule has 1 aromatic carbocycles. The van der Waals surface area contributed by atoms with Crippen LogP contribution in [0.5, 0.6) is 0 Å². The number of hydrogen-bond donors (Lipinski definition) is 2. The third-order valence-corrected chi connectivity index (χ3v) is 4.28. The van der Waals surface area contributed by atoms with Gasteiger partial charge in [-0.3, -0.25) is 0 Å². The van der Waals surface area contributed by atoms with Gasteiger partial charge in [0, 0.05) is 22.2 Å². The molecule has 0 aliphatic heterocycles. The molecule has 1 saturated carbocycles. The quantitative estimate of drug-likeness (QED) is 0.843. The van der Waals surface area contributed by atoms with Crippen LogP contribution in [-0.2, 0) is 6.18 Å². The molecule has 2 rings (SSSR count). The molecule has 1 aliphatic carbocycles. The Bertz CT molecular complexity index is 454. The van der Waals surface area contributed by atoms with Gasteiger partial charge in [0.1, 0.15) is 0 Å². The normalized spacial score (nSPS) is 23.6. The van der Waals surface area contributed by atoms with Crippen molar-refractivity contribution >= 4 is 21.6 Å². The Morgan fingerprint density at radius 3 is 2.25 bits per heavy atom.